The van der Waals surface area contributed by atoms with Gasteiger partial charge in [-0.2, -0.15) is 0 Å². The molecule has 0 rings (SSSR count). The molecule has 0 aromatic heterocycles. The first-order valence-corrected chi connectivity index (χ1v) is 41.7. The van der Waals surface area contributed by atoms with Gasteiger partial charge in [-0.15, -0.1) is 0 Å². The normalized spacial score (nSPS) is 14.3. The molecular formula is C74H144O17P2. The fourth-order valence-electron chi connectivity index (χ4n) is 11.3. The van der Waals surface area contributed by atoms with Gasteiger partial charge in [-0.3, -0.25) is 37.3 Å². The van der Waals surface area contributed by atoms with Gasteiger partial charge in [-0.25, -0.2) is 9.13 Å². The smallest absolute Gasteiger partial charge is 0.462 e. The van der Waals surface area contributed by atoms with E-state index in [-0.39, 0.29) is 25.7 Å². The maximum absolute atomic E-state index is 13.1. The summed E-state index contributed by atoms with van der Waals surface area (Å²) in [4.78, 5) is 72.7. The van der Waals surface area contributed by atoms with Gasteiger partial charge in [0.05, 0.1) is 26.4 Å². The Morgan fingerprint density at radius 2 is 0.516 bits per heavy atom. The quantitative estimate of drug-likeness (QED) is 0.0222. The van der Waals surface area contributed by atoms with Crippen LogP contribution in [0.1, 0.15) is 388 Å². The summed E-state index contributed by atoms with van der Waals surface area (Å²) in [7, 11) is -9.90. The minimum Gasteiger partial charge on any atom is -0.462 e. The number of carbonyl (C=O) groups excluding carboxylic acids is 4. The molecule has 0 fully saturated rings. The first-order valence-electron chi connectivity index (χ1n) is 38.7. The number of ether oxygens (including phenoxy) is 4. The number of rotatable bonds is 74. The minimum absolute atomic E-state index is 0.108. The first kappa shape index (κ1) is 91.1. The molecule has 0 aliphatic rings. The lowest BCUT2D eigenvalue weighted by Crippen LogP contribution is -2.30. The van der Waals surface area contributed by atoms with Gasteiger partial charge < -0.3 is 33.8 Å². The minimum atomic E-state index is -4.95. The highest BCUT2D eigenvalue weighted by Gasteiger charge is 2.30. The lowest BCUT2D eigenvalue weighted by Gasteiger charge is -2.21. The Bertz CT molecular complexity index is 1790. The average Bonchev–Trinajstić information content (AvgIpc) is 2.21. The molecule has 93 heavy (non-hydrogen) atoms. The number of unbranched alkanes of at least 4 members (excludes halogenated alkanes) is 45. The molecular weight excluding hydrogens is 1220 g/mol. The molecule has 3 unspecified atom stereocenters. The number of phosphoric ester groups is 2. The molecule has 0 aliphatic carbocycles. The Morgan fingerprint density at radius 3 is 0.763 bits per heavy atom. The van der Waals surface area contributed by atoms with Crippen LogP contribution in [0.25, 0.3) is 0 Å². The Kier molecular flexibility index (Phi) is 65.9. The van der Waals surface area contributed by atoms with Crippen molar-refractivity contribution in [3.8, 4) is 0 Å². The Morgan fingerprint density at radius 1 is 0.301 bits per heavy atom. The van der Waals surface area contributed by atoms with E-state index < -0.39 is 97.5 Å². The molecule has 0 saturated carbocycles. The Balaban J connectivity index is 5.23. The van der Waals surface area contributed by atoms with Gasteiger partial charge in [0, 0.05) is 25.7 Å². The number of esters is 4. The molecule has 3 N–H and O–H groups in total. The van der Waals surface area contributed by atoms with Crippen LogP contribution < -0.4 is 0 Å². The molecule has 552 valence electrons. The van der Waals surface area contributed by atoms with Crippen molar-refractivity contribution in [2.45, 2.75) is 406 Å². The zero-order chi connectivity index (χ0) is 68.4. The van der Waals surface area contributed by atoms with Crippen molar-refractivity contribution < 1.29 is 80.2 Å². The van der Waals surface area contributed by atoms with E-state index in [1.807, 2.05) is 0 Å². The molecule has 6 atom stereocenters. The van der Waals surface area contributed by atoms with Gasteiger partial charge in [-0.05, 0) is 31.6 Å². The van der Waals surface area contributed by atoms with Crippen molar-refractivity contribution in [3.05, 3.63) is 0 Å². The molecule has 0 amide bonds. The highest BCUT2D eigenvalue weighted by atomic mass is 31.2. The van der Waals surface area contributed by atoms with Crippen LogP contribution in [0.4, 0.5) is 0 Å². The highest BCUT2D eigenvalue weighted by molar-refractivity contribution is 7.47. The van der Waals surface area contributed by atoms with Crippen molar-refractivity contribution in [2.75, 3.05) is 39.6 Å². The van der Waals surface area contributed by atoms with Crippen molar-refractivity contribution >= 4 is 39.5 Å². The zero-order valence-electron chi connectivity index (χ0n) is 60.4. The monoisotopic (exact) mass is 1370 g/mol. The first-order chi connectivity index (χ1) is 45.1. The van der Waals surface area contributed by atoms with E-state index >= 15 is 0 Å². The summed E-state index contributed by atoms with van der Waals surface area (Å²) in [6, 6.07) is 0. The fraction of sp³-hybridized carbons (Fsp3) is 0.946. The number of aliphatic hydroxyl groups is 1. The third-order valence-electron chi connectivity index (χ3n) is 17.6. The second kappa shape index (κ2) is 67.3. The van der Waals surface area contributed by atoms with Crippen LogP contribution in [0, 0.1) is 5.92 Å². The molecule has 0 saturated heterocycles. The van der Waals surface area contributed by atoms with Crippen molar-refractivity contribution in [2.24, 2.45) is 5.92 Å². The second-order valence-corrected chi connectivity index (χ2v) is 29.8. The van der Waals surface area contributed by atoms with E-state index in [2.05, 4.69) is 34.6 Å². The molecule has 0 bridgehead atoms. The summed E-state index contributed by atoms with van der Waals surface area (Å²) in [5.41, 5.74) is 0. The number of phosphoric acid groups is 2. The van der Waals surface area contributed by atoms with E-state index in [1.165, 1.54) is 212 Å². The number of carbonyl (C=O) groups is 4. The maximum atomic E-state index is 13.1. The standard InChI is InChI=1S/C74H144O17P2/c1-6-10-13-16-19-22-25-29-34-38-43-48-53-58-72(77)85-64-70(91-74(79)60-55-50-45-40-35-31-28-27-30-32-36-41-46-51-56-67(5)9-4)66-89-93(82,83)87-62-68(75)61-86-92(80,81)88-65-69(63-84-71(76)57-52-47-42-37-24-21-18-15-12-8-3)90-73(78)59-54-49-44-39-33-26-23-20-17-14-11-7-2/h67-70,75H,6-66H2,1-5H3,(H,80,81)(H,82,83)/t67?,68-,69+,70+/m0/s1. The molecule has 0 spiro atoms. The van der Waals surface area contributed by atoms with E-state index in [0.29, 0.717) is 25.7 Å². The number of hydrogen-bond donors (Lipinski definition) is 3. The lowest BCUT2D eigenvalue weighted by molar-refractivity contribution is -0.161. The van der Waals surface area contributed by atoms with Crippen LogP contribution in [0.3, 0.4) is 0 Å². The van der Waals surface area contributed by atoms with E-state index in [0.717, 1.165) is 95.8 Å². The fourth-order valence-corrected chi connectivity index (χ4v) is 12.9. The van der Waals surface area contributed by atoms with Crippen LogP contribution in [-0.4, -0.2) is 96.7 Å². The molecule has 0 radical (unpaired) electrons. The highest BCUT2D eigenvalue weighted by Crippen LogP contribution is 2.45. The largest absolute Gasteiger partial charge is 0.472 e. The van der Waals surface area contributed by atoms with Gasteiger partial charge in [0.2, 0.25) is 0 Å². The number of hydrogen-bond acceptors (Lipinski definition) is 15. The van der Waals surface area contributed by atoms with E-state index in [4.69, 9.17) is 37.0 Å². The third-order valence-corrected chi connectivity index (χ3v) is 19.5. The topological polar surface area (TPSA) is 237 Å². The summed E-state index contributed by atoms with van der Waals surface area (Å²) in [6.07, 6.45) is 55.2. The van der Waals surface area contributed by atoms with Crippen molar-refractivity contribution in [3.63, 3.8) is 0 Å². The SMILES string of the molecule is CCCCCCCCCCCCCCCC(=O)OC[C@H](COP(=O)(O)OC[C@@H](O)COP(=O)(O)OC[C@@H](COC(=O)CCCCCCCCCCCC)OC(=O)CCCCCCCCCCCCCC)OC(=O)CCCCCCCCCCCCCCCCC(C)CC. The summed E-state index contributed by atoms with van der Waals surface area (Å²) in [5.74, 6) is -1.27. The molecule has 0 aromatic rings. The summed E-state index contributed by atoms with van der Waals surface area (Å²) < 4.78 is 68.4. The lowest BCUT2D eigenvalue weighted by atomic mass is 9.99. The van der Waals surface area contributed by atoms with Gasteiger partial charge >= 0.3 is 39.5 Å². The van der Waals surface area contributed by atoms with Crippen LogP contribution in [0.2, 0.25) is 0 Å². The predicted octanol–water partition coefficient (Wildman–Crippen LogP) is 21.7. The van der Waals surface area contributed by atoms with Crippen molar-refractivity contribution in [1.29, 1.82) is 0 Å². The van der Waals surface area contributed by atoms with Gasteiger partial charge in [0.15, 0.2) is 12.2 Å². The van der Waals surface area contributed by atoms with Crippen LogP contribution in [0.15, 0.2) is 0 Å². The molecule has 17 nitrogen and oxygen atoms in total. The van der Waals surface area contributed by atoms with Crippen molar-refractivity contribution in [1.82, 2.24) is 0 Å². The predicted molar refractivity (Wildman–Crippen MR) is 377 cm³/mol. The van der Waals surface area contributed by atoms with Crippen LogP contribution in [-0.2, 0) is 65.4 Å². The maximum Gasteiger partial charge on any atom is 0.472 e. The van der Waals surface area contributed by atoms with Crippen LogP contribution in [0.5, 0.6) is 0 Å². The van der Waals surface area contributed by atoms with E-state index in [1.54, 1.807) is 0 Å². The van der Waals surface area contributed by atoms with Gasteiger partial charge in [0.25, 0.3) is 0 Å². The zero-order valence-corrected chi connectivity index (χ0v) is 62.2. The summed E-state index contributed by atoms with van der Waals surface area (Å²) >= 11 is 0. The summed E-state index contributed by atoms with van der Waals surface area (Å²) in [5, 5.41) is 10.6. The Labute approximate surface area is 568 Å². The molecule has 0 aromatic carbocycles. The molecule has 19 heteroatoms. The third kappa shape index (κ3) is 67.0. The molecule has 0 aliphatic heterocycles. The van der Waals surface area contributed by atoms with Gasteiger partial charge in [-0.1, -0.05) is 336 Å². The number of aliphatic hydroxyl groups excluding tert-OH is 1. The summed E-state index contributed by atoms with van der Waals surface area (Å²) in [6.45, 7) is 7.33. The average molecular weight is 1370 g/mol. The Hall–Kier alpha value is -1.94. The van der Waals surface area contributed by atoms with Gasteiger partial charge in [0.1, 0.15) is 19.3 Å². The van der Waals surface area contributed by atoms with E-state index in [9.17, 15) is 43.2 Å². The molecule has 0 heterocycles. The van der Waals surface area contributed by atoms with Crippen LogP contribution >= 0.6 is 15.6 Å². The second-order valence-electron chi connectivity index (χ2n) is 26.9.